The number of hydrogen-bond donors (Lipinski definition) is 1. The summed E-state index contributed by atoms with van der Waals surface area (Å²) in [7, 11) is 0. The second-order valence-electron chi connectivity index (χ2n) is 6.71. The molecule has 0 aromatic heterocycles. The largest absolute Gasteiger partial charge is 0.488 e. The van der Waals surface area contributed by atoms with Gasteiger partial charge in [0.25, 0.3) is 5.91 Å². The van der Waals surface area contributed by atoms with Crippen molar-refractivity contribution >= 4 is 67.2 Å². The number of nitrogens with zero attached hydrogens (tertiary/aromatic N) is 1. The molecule has 0 spiro atoms. The van der Waals surface area contributed by atoms with Crippen molar-refractivity contribution in [2.24, 2.45) is 0 Å². The van der Waals surface area contributed by atoms with E-state index in [-0.39, 0.29) is 5.70 Å². The summed E-state index contributed by atoms with van der Waals surface area (Å²) in [5.41, 5.74) is 2.21. The lowest BCUT2D eigenvalue weighted by Crippen LogP contribution is -2.30. The van der Waals surface area contributed by atoms with Crippen LogP contribution in [0.5, 0.6) is 5.75 Å². The summed E-state index contributed by atoms with van der Waals surface area (Å²) in [6.45, 7) is 0.361. The van der Waals surface area contributed by atoms with Crippen LogP contribution in [0.25, 0.3) is 6.08 Å². The van der Waals surface area contributed by atoms with E-state index in [2.05, 4.69) is 37.2 Å². The molecular weight excluding hydrogens is 548 g/mol. The first-order valence-corrected chi connectivity index (χ1v) is 11.2. The van der Waals surface area contributed by atoms with Gasteiger partial charge in [-0.05, 0) is 60.2 Å². The first-order chi connectivity index (χ1) is 14.9. The van der Waals surface area contributed by atoms with Crippen LogP contribution < -0.4 is 15.0 Å². The Kier molecular flexibility index (Phi) is 6.46. The fourth-order valence-electron chi connectivity index (χ4n) is 3.05. The number of hydrogen-bond acceptors (Lipinski definition) is 3. The number of nitrogens with one attached hydrogen (secondary N) is 1. The highest BCUT2D eigenvalue weighted by Gasteiger charge is 2.35. The zero-order chi connectivity index (χ0) is 22.0. The van der Waals surface area contributed by atoms with Gasteiger partial charge in [0.1, 0.15) is 18.1 Å². The molecule has 156 valence electrons. The third kappa shape index (κ3) is 5.01. The molecule has 0 bridgehead atoms. The number of amides is 3. The summed E-state index contributed by atoms with van der Waals surface area (Å²) < 4.78 is 7.79. The molecule has 4 rings (SSSR count). The Morgan fingerprint density at radius 1 is 0.968 bits per heavy atom. The number of rotatable bonds is 5. The second-order valence-corrected chi connectivity index (χ2v) is 8.97. The smallest absolute Gasteiger partial charge is 0.333 e. The third-order valence-electron chi connectivity index (χ3n) is 4.52. The highest BCUT2D eigenvalue weighted by molar-refractivity contribution is 9.10. The van der Waals surface area contributed by atoms with Gasteiger partial charge >= 0.3 is 6.03 Å². The van der Waals surface area contributed by atoms with E-state index >= 15 is 0 Å². The fourth-order valence-corrected chi connectivity index (χ4v) is 3.87. The standard InChI is InChI=1S/C23H15Br2ClN2O3/c24-16-6-4-14(5-7-16)13-31-21-9-8-17(25)10-15(21)11-20-22(29)28(23(30)27-20)19-3-1-2-18(26)12-19/h1-12H,13H2,(H,27,30)/b20-11+. The molecule has 3 aromatic carbocycles. The van der Waals surface area contributed by atoms with Gasteiger partial charge in [0.2, 0.25) is 0 Å². The van der Waals surface area contributed by atoms with Gasteiger partial charge in [0.15, 0.2) is 0 Å². The van der Waals surface area contributed by atoms with Crippen molar-refractivity contribution in [1.29, 1.82) is 0 Å². The van der Waals surface area contributed by atoms with Gasteiger partial charge < -0.3 is 10.1 Å². The van der Waals surface area contributed by atoms with Crippen LogP contribution in [0.15, 0.2) is 81.4 Å². The summed E-state index contributed by atoms with van der Waals surface area (Å²) in [5.74, 6) is 0.118. The molecule has 1 saturated heterocycles. The van der Waals surface area contributed by atoms with Crippen LogP contribution in [-0.2, 0) is 11.4 Å². The van der Waals surface area contributed by atoms with E-state index < -0.39 is 11.9 Å². The van der Waals surface area contributed by atoms with E-state index in [0.29, 0.717) is 28.6 Å². The maximum absolute atomic E-state index is 12.9. The van der Waals surface area contributed by atoms with Crippen molar-refractivity contribution in [3.8, 4) is 5.75 Å². The molecule has 8 heteroatoms. The topological polar surface area (TPSA) is 58.6 Å². The number of carbonyl (C=O) groups is 2. The predicted octanol–water partition coefficient (Wildman–Crippen LogP) is 6.54. The molecule has 3 aromatic rings. The van der Waals surface area contributed by atoms with E-state index in [1.54, 1.807) is 30.3 Å². The predicted molar refractivity (Wildman–Crippen MR) is 128 cm³/mol. The number of imide groups is 1. The normalized spacial score (nSPS) is 14.8. The van der Waals surface area contributed by atoms with E-state index in [0.717, 1.165) is 19.4 Å². The Labute approximate surface area is 200 Å². The highest BCUT2D eigenvalue weighted by atomic mass is 79.9. The molecule has 1 heterocycles. The summed E-state index contributed by atoms with van der Waals surface area (Å²) in [6, 6.07) is 19.3. The number of anilines is 1. The monoisotopic (exact) mass is 560 g/mol. The Balaban J connectivity index is 1.60. The van der Waals surface area contributed by atoms with E-state index in [1.165, 1.54) is 0 Å². The number of urea groups is 1. The van der Waals surface area contributed by atoms with Crippen molar-refractivity contribution in [1.82, 2.24) is 5.32 Å². The van der Waals surface area contributed by atoms with Crippen molar-refractivity contribution in [3.05, 3.63) is 97.5 Å². The minimum Gasteiger partial charge on any atom is -0.488 e. The number of benzene rings is 3. The van der Waals surface area contributed by atoms with Crippen LogP contribution in [0.1, 0.15) is 11.1 Å². The first kappa shape index (κ1) is 21.6. The molecule has 0 aliphatic carbocycles. The molecule has 0 atom stereocenters. The van der Waals surface area contributed by atoms with Gasteiger partial charge in [-0.2, -0.15) is 0 Å². The van der Waals surface area contributed by atoms with Crippen LogP contribution in [0.3, 0.4) is 0 Å². The first-order valence-electron chi connectivity index (χ1n) is 9.20. The quantitative estimate of drug-likeness (QED) is 0.284. The Morgan fingerprint density at radius 3 is 2.45 bits per heavy atom. The van der Waals surface area contributed by atoms with Gasteiger partial charge in [-0.1, -0.05) is 61.7 Å². The van der Waals surface area contributed by atoms with Gasteiger partial charge in [-0.3, -0.25) is 4.79 Å². The Bertz CT molecular complexity index is 1200. The van der Waals surface area contributed by atoms with Gasteiger partial charge in [0.05, 0.1) is 5.69 Å². The summed E-state index contributed by atoms with van der Waals surface area (Å²) in [5, 5.41) is 3.06. The van der Waals surface area contributed by atoms with Crippen molar-refractivity contribution in [2.75, 3.05) is 4.90 Å². The van der Waals surface area contributed by atoms with Crippen LogP contribution in [0.4, 0.5) is 10.5 Å². The minimum atomic E-state index is -0.536. The number of halogens is 3. The maximum atomic E-state index is 12.9. The Morgan fingerprint density at radius 2 is 1.71 bits per heavy atom. The zero-order valence-corrected chi connectivity index (χ0v) is 19.9. The molecule has 1 aliphatic heterocycles. The van der Waals surface area contributed by atoms with Crippen molar-refractivity contribution < 1.29 is 14.3 Å². The molecule has 5 nitrogen and oxygen atoms in total. The lowest BCUT2D eigenvalue weighted by molar-refractivity contribution is -0.113. The van der Waals surface area contributed by atoms with Crippen molar-refractivity contribution in [3.63, 3.8) is 0 Å². The SMILES string of the molecule is O=C1N/C(=C/c2cc(Br)ccc2OCc2ccc(Br)cc2)C(=O)N1c1cccc(Cl)c1. The fraction of sp³-hybridized carbons (Fsp3) is 0.0435. The second kappa shape index (κ2) is 9.26. The van der Waals surface area contributed by atoms with Gasteiger partial charge in [-0.15, -0.1) is 0 Å². The van der Waals surface area contributed by atoms with E-state index in [9.17, 15) is 9.59 Å². The molecule has 1 aliphatic rings. The van der Waals surface area contributed by atoms with Crippen LogP contribution in [0.2, 0.25) is 5.02 Å². The minimum absolute atomic E-state index is 0.150. The highest BCUT2D eigenvalue weighted by Crippen LogP contribution is 2.29. The molecule has 1 fully saturated rings. The molecule has 0 radical (unpaired) electrons. The Hall–Kier alpha value is -2.61. The number of carbonyl (C=O) groups excluding carboxylic acids is 2. The number of ether oxygens (including phenoxy) is 1. The third-order valence-corrected chi connectivity index (χ3v) is 5.78. The molecular formula is C23H15Br2ClN2O3. The van der Waals surface area contributed by atoms with E-state index in [1.807, 2.05) is 42.5 Å². The van der Waals surface area contributed by atoms with Gasteiger partial charge in [-0.25, -0.2) is 9.69 Å². The lowest BCUT2D eigenvalue weighted by atomic mass is 10.1. The molecule has 0 saturated carbocycles. The average molecular weight is 563 g/mol. The summed E-state index contributed by atoms with van der Waals surface area (Å²) >= 11 is 12.9. The maximum Gasteiger partial charge on any atom is 0.333 e. The van der Waals surface area contributed by atoms with Crippen LogP contribution in [-0.4, -0.2) is 11.9 Å². The molecule has 1 N–H and O–H groups in total. The molecule has 31 heavy (non-hydrogen) atoms. The van der Waals surface area contributed by atoms with Crippen LogP contribution in [0, 0.1) is 0 Å². The van der Waals surface area contributed by atoms with E-state index in [4.69, 9.17) is 16.3 Å². The lowest BCUT2D eigenvalue weighted by Gasteiger charge is -2.12. The molecule has 3 amide bonds. The average Bonchev–Trinajstić information content (AvgIpc) is 3.01. The van der Waals surface area contributed by atoms with Gasteiger partial charge in [0, 0.05) is 19.5 Å². The summed E-state index contributed by atoms with van der Waals surface area (Å²) in [6.07, 6.45) is 1.60. The molecule has 0 unspecified atom stereocenters. The zero-order valence-electron chi connectivity index (χ0n) is 15.9. The van der Waals surface area contributed by atoms with Crippen LogP contribution >= 0.6 is 43.5 Å². The summed E-state index contributed by atoms with van der Waals surface area (Å²) in [4.78, 5) is 26.4. The van der Waals surface area contributed by atoms with Crippen molar-refractivity contribution in [2.45, 2.75) is 6.61 Å².